The van der Waals surface area contributed by atoms with E-state index in [9.17, 15) is 0 Å². The van der Waals surface area contributed by atoms with E-state index in [1.165, 1.54) is 5.57 Å². The van der Waals surface area contributed by atoms with Gasteiger partial charge in [-0.05, 0) is 13.8 Å². The minimum absolute atomic E-state index is 0.845. The summed E-state index contributed by atoms with van der Waals surface area (Å²) in [4.78, 5) is 0. The van der Waals surface area contributed by atoms with E-state index in [0.29, 0.717) is 0 Å². The third kappa shape index (κ3) is 5.54. The van der Waals surface area contributed by atoms with Crippen molar-refractivity contribution in [2.75, 3.05) is 0 Å². The van der Waals surface area contributed by atoms with Gasteiger partial charge < -0.3 is 5.73 Å². The minimum Gasteiger partial charge on any atom is -0.402 e. The molecule has 0 atom stereocenters. The van der Waals surface area contributed by atoms with Crippen molar-refractivity contribution in [3.05, 3.63) is 48.2 Å². The largest absolute Gasteiger partial charge is 0.402 e. The highest BCUT2D eigenvalue weighted by molar-refractivity contribution is 5.18. The quantitative estimate of drug-likeness (QED) is 0.633. The number of hydrogen-bond donors (Lipinski definition) is 1. The van der Waals surface area contributed by atoms with Gasteiger partial charge in [0.25, 0.3) is 0 Å². The van der Waals surface area contributed by atoms with E-state index >= 15 is 0 Å². The van der Waals surface area contributed by atoms with Gasteiger partial charge in [-0.15, -0.1) is 0 Å². The van der Waals surface area contributed by atoms with E-state index in [-0.39, 0.29) is 0 Å². The first-order valence-corrected chi connectivity index (χ1v) is 4.06. The summed E-state index contributed by atoms with van der Waals surface area (Å²) in [5, 5.41) is 0. The van der Waals surface area contributed by atoms with Crippen molar-refractivity contribution < 1.29 is 0 Å². The SMILES string of the molecule is C=C/C=C\C=C(\C)C/C(N)=C\C. The van der Waals surface area contributed by atoms with Gasteiger partial charge in [-0.25, -0.2) is 0 Å². The Kier molecular flexibility index (Phi) is 5.80. The highest BCUT2D eigenvalue weighted by Gasteiger charge is 1.89. The molecule has 0 amide bonds. The second kappa shape index (κ2) is 6.47. The van der Waals surface area contributed by atoms with Gasteiger partial charge in [-0.2, -0.15) is 0 Å². The van der Waals surface area contributed by atoms with Crippen LogP contribution in [0.15, 0.2) is 48.2 Å². The van der Waals surface area contributed by atoms with Crippen LogP contribution in [0, 0.1) is 0 Å². The average molecular weight is 163 g/mol. The molecule has 0 aromatic heterocycles. The van der Waals surface area contributed by atoms with E-state index < -0.39 is 0 Å². The van der Waals surface area contributed by atoms with Gasteiger partial charge in [-0.1, -0.05) is 42.5 Å². The highest BCUT2D eigenvalue weighted by Crippen LogP contribution is 2.05. The third-order valence-corrected chi connectivity index (χ3v) is 1.48. The van der Waals surface area contributed by atoms with Crippen molar-refractivity contribution in [3.8, 4) is 0 Å². The van der Waals surface area contributed by atoms with E-state index in [4.69, 9.17) is 5.73 Å². The number of allylic oxidation sites excluding steroid dienone is 6. The molecule has 1 heteroatoms. The molecule has 0 aliphatic heterocycles. The molecule has 0 saturated carbocycles. The molecule has 0 fully saturated rings. The molecular weight excluding hydrogens is 146 g/mol. The van der Waals surface area contributed by atoms with Gasteiger partial charge in [0.1, 0.15) is 0 Å². The van der Waals surface area contributed by atoms with Gasteiger partial charge in [0.2, 0.25) is 0 Å². The van der Waals surface area contributed by atoms with Crippen molar-refractivity contribution in [2.24, 2.45) is 5.73 Å². The van der Waals surface area contributed by atoms with Gasteiger partial charge >= 0.3 is 0 Å². The lowest BCUT2D eigenvalue weighted by Crippen LogP contribution is -1.96. The van der Waals surface area contributed by atoms with Gasteiger partial charge in [0.15, 0.2) is 0 Å². The molecule has 0 unspecified atom stereocenters. The standard InChI is InChI=1S/C11H17N/c1-4-6-7-8-10(3)9-11(12)5-2/h4-8H,1,9,12H2,2-3H3/b7-6-,10-8-,11-5+. The van der Waals surface area contributed by atoms with Crippen molar-refractivity contribution in [2.45, 2.75) is 20.3 Å². The van der Waals surface area contributed by atoms with Crippen LogP contribution in [0.2, 0.25) is 0 Å². The van der Waals surface area contributed by atoms with Crippen LogP contribution >= 0.6 is 0 Å². The zero-order chi connectivity index (χ0) is 9.40. The Morgan fingerprint density at radius 3 is 2.58 bits per heavy atom. The summed E-state index contributed by atoms with van der Waals surface area (Å²) in [6.07, 6.45) is 10.4. The van der Waals surface area contributed by atoms with Crippen LogP contribution in [-0.4, -0.2) is 0 Å². The van der Waals surface area contributed by atoms with Crippen molar-refractivity contribution in [1.82, 2.24) is 0 Å². The molecule has 0 aliphatic rings. The first kappa shape index (κ1) is 10.8. The lowest BCUT2D eigenvalue weighted by Gasteiger charge is -1.98. The summed E-state index contributed by atoms with van der Waals surface area (Å²) in [7, 11) is 0. The summed E-state index contributed by atoms with van der Waals surface area (Å²) < 4.78 is 0. The molecule has 0 aromatic rings. The Bertz CT molecular complexity index is 219. The Labute approximate surface area is 75.0 Å². The zero-order valence-corrected chi connectivity index (χ0v) is 7.88. The minimum atomic E-state index is 0.845. The molecule has 0 heterocycles. The molecule has 0 aromatic carbocycles. The maximum absolute atomic E-state index is 5.65. The summed E-state index contributed by atoms with van der Waals surface area (Å²) in [6.45, 7) is 7.59. The maximum Gasteiger partial charge on any atom is 0.00782 e. The molecule has 0 spiro atoms. The van der Waals surface area contributed by atoms with Crippen LogP contribution in [0.25, 0.3) is 0 Å². The monoisotopic (exact) mass is 163 g/mol. The molecule has 12 heavy (non-hydrogen) atoms. The smallest absolute Gasteiger partial charge is 0.00782 e. The molecule has 0 aliphatic carbocycles. The second-order valence-electron chi connectivity index (χ2n) is 2.67. The summed E-state index contributed by atoms with van der Waals surface area (Å²) in [5.41, 5.74) is 7.82. The first-order valence-electron chi connectivity index (χ1n) is 4.06. The Morgan fingerprint density at radius 2 is 2.08 bits per heavy atom. The molecular formula is C11H17N. The van der Waals surface area contributed by atoms with Crippen LogP contribution < -0.4 is 5.73 Å². The Morgan fingerprint density at radius 1 is 1.42 bits per heavy atom. The fraction of sp³-hybridized carbons (Fsp3) is 0.273. The third-order valence-electron chi connectivity index (χ3n) is 1.48. The fourth-order valence-corrected chi connectivity index (χ4v) is 0.781. The maximum atomic E-state index is 5.65. The van der Waals surface area contributed by atoms with Crippen LogP contribution in [0.4, 0.5) is 0 Å². The molecule has 66 valence electrons. The van der Waals surface area contributed by atoms with E-state index in [1.54, 1.807) is 6.08 Å². The molecule has 0 saturated heterocycles. The molecule has 0 rings (SSSR count). The predicted molar refractivity (Wildman–Crippen MR) is 55.7 cm³/mol. The van der Waals surface area contributed by atoms with Gasteiger partial charge in [-0.3, -0.25) is 0 Å². The first-order chi connectivity index (χ1) is 5.70. The Hall–Kier alpha value is -1.24. The van der Waals surface area contributed by atoms with Crippen LogP contribution in [0.3, 0.4) is 0 Å². The summed E-state index contributed by atoms with van der Waals surface area (Å²) in [5.74, 6) is 0. The molecule has 1 nitrogen and oxygen atoms in total. The van der Waals surface area contributed by atoms with E-state index in [1.807, 2.05) is 31.2 Å². The summed E-state index contributed by atoms with van der Waals surface area (Å²) >= 11 is 0. The molecule has 0 radical (unpaired) electrons. The van der Waals surface area contributed by atoms with Crippen LogP contribution in [0.5, 0.6) is 0 Å². The zero-order valence-electron chi connectivity index (χ0n) is 7.88. The fourth-order valence-electron chi connectivity index (χ4n) is 0.781. The Balaban J connectivity index is 4.02. The highest BCUT2D eigenvalue weighted by atomic mass is 14.6. The lowest BCUT2D eigenvalue weighted by atomic mass is 10.1. The van der Waals surface area contributed by atoms with Crippen molar-refractivity contribution >= 4 is 0 Å². The van der Waals surface area contributed by atoms with E-state index in [2.05, 4.69) is 13.5 Å². The second-order valence-corrected chi connectivity index (χ2v) is 2.67. The number of nitrogens with two attached hydrogens (primary N) is 1. The predicted octanol–water partition coefficient (Wildman–Crippen LogP) is 2.93. The van der Waals surface area contributed by atoms with Crippen molar-refractivity contribution in [3.63, 3.8) is 0 Å². The molecule has 0 bridgehead atoms. The number of hydrogen-bond acceptors (Lipinski definition) is 1. The van der Waals surface area contributed by atoms with Crippen molar-refractivity contribution in [1.29, 1.82) is 0 Å². The average Bonchev–Trinajstić information content (AvgIpc) is 2.05. The van der Waals surface area contributed by atoms with E-state index in [0.717, 1.165) is 12.1 Å². The molecule has 2 N–H and O–H groups in total. The van der Waals surface area contributed by atoms with Crippen LogP contribution in [0.1, 0.15) is 20.3 Å². The normalized spacial score (nSPS) is 13.8. The topological polar surface area (TPSA) is 26.0 Å². The van der Waals surface area contributed by atoms with Gasteiger partial charge in [0, 0.05) is 12.1 Å². The number of rotatable bonds is 4. The lowest BCUT2D eigenvalue weighted by molar-refractivity contribution is 1.07. The summed E-state index contributed by atoms with van der Waals surface area (Å²) in [6, 6.07) is 0. The van der Waals surface area contributed by atoms with Gasteiger partial charge in [0.05, 0.1) is 0 Å². The van der Waals surface area contributed by atoms with Crippen LogP contribution in [-0.2, 0) is 0 Å².